The van der Waals surface area contributed by atoms with Gasteiger partial charge in [-0.2, -0.15) is 0 Å². The van der Waals surface area contributed by atoms with E-state index in [0.717, 1.165) is 0 Å². The van der Waals surface area contributed by atoms with Crippen molar-refractivity contribution in [1.29, 1.82) is 0 Å². The molecule has 0 fully saturated rings. The summed E-state index contributed by atoms with van der Waals surface area (Å²) < 4.78 is 29.0. The molecule has 0 aliphatic carbocycles. The van der Waals surface area contributed by atoms with Crippen molar-refractivity contribution in [3.8, 4) is 17.2 Å². The summed E-state index contributed by atoms with van der Waals surface area (Å²) in [6.07, 6.45) is 0. The third-order valence-electron chi connectivity index (χ3n) is 2.21. The fraction of sp³-hybridized carbons (Fsp3) is 0.400. The maximum absolute atomic E-state index is 13.6. The van der Waals surface area contributed by atoms with Gasteiger partial charge in [0.25, 0.3) is 0 Å². The Kier molecular flexibility index (Phi) is 2.64. The van der Waals surface area contributed by atoms with Gasteiger partial charge < -0.3 is 19.3 Å². The van der Waals surface area contributed by atoms with E-state index in [9.17, 15) is 4.39 Å². The van der Waals surface area contributed by atoms with Crippen LogP contribution in [0.1, 0.15) is 5.56 Å². The molecule has 1 aliphatic rings. The van der Waals surface area contributed by atoms with E-state index in [1.54, 1.807) is 0 Å². The van der Waals surface area contributed by atoms with E-state index in [1.165, 1.54) is 13.2 Å². The monoisotopic (exact) mass is 214 g/mol. The minimum atomic E-state index is -0.607. The Balaban J connectivity index is 2.58. The van der Waals surface area contributed by atoms with Gasteiger partial charge >= 0.3 is 0 Å². The lowest BCUT2D eigenvalue weighted by molar-refractivity contribution is 0.161. The molecule has 0 saturated heterocycles. The summed E-state index contributed by atoms with van der Waals surface area (Å²) in [5.41, 5.74) is 0.0732. The molecule has 0 unspecified atom stereocenters. The Bertz CT molecular complexity index is 378. The predicted octanol–water partition coefficient (Wildman–Crippen LogP) is 1.10. The van der Waals surface area contributed by atoms with E-state index in [1.807, 2.05) is 0 Å². The Hall–Kier alpha value is -1.49. The van der Waals surface area contributed by atoms with Gasteiger partial charge in [0.15, 0.2) is 23.1 Å². The summed E-state index contributed by atoms with van der Waals surface area (Å²) in [5.74, 6) is 0.109. The Morgan fingerprint density at radius 3 is 2.87 bits per heavy atom. The van der Waals surface area contributed by atoms with Crippen LogP contribution >= 0.6 is 0 Å². The highest BCUT2D eigenvalue weighted by atomic mass is 19.1. The maximum atomic E-state index is 13.6. The second-order valence-electron chi connectivity index (χ2n) is 3.05. The number of rotatable bonds is 2. The number of benzene rings is 1. The van der Waals surface area contributed by atoms with Gasteiger partial charge in [0.1, 0.15) is 13.2 Å². The fourth-order valence-electron chi connectivity index (χ4n) is 1.50. The van der Waals surface area contributed by atoms with E-state index < -0.39 is 12.4 Å². The molecule has 82 valence electrons. The van der Waals surface area contributed by atoms with Crippen molar-refractivity contribution in [2.75, 3.05) is 20.3 Å². The summed E-state index contributed by atoms with van der Waals surface area (Å²) >= 11 is 0. The molecule has 0 atom stereocenters. The van der Waals surface area contributed by atoms with Gasteiger partial charge in [-0.25, -0.2) is 4.39 Å². The average Bonchev–Trinajstić information content (AvgIpc) is 2.28. The predicted molar refractivity (Wildman–Crippen MR) is 49.9 cm³/mol. The standard InChI is InChI=1S/C10H11FO4/c1-13-7-4-8-10(15-3-2-14-8)6(5-12)9(7)11/h4,12H,2-3,5H2,1H3. The minimum Gasteiger partial charge on any atom is -0.494 e. The number of hydrogen-bond donors (Lipinski definition) is 1. The minimum absolute atomic E-state index is 0.0447. The summed E-state index contributed by atoms with van der Waals surface area (Å²) in [4.78, 5) is 0. The lowest BCUT2D eigenvalue weighted by Gasteiger charge is -2.21. The molecule has 0 spiro atoms. The van der Waals surface area contributed by atoms with Crippen molar-refractivity contribution in [2.24, 2.45) is 0 Å². The number of halogens is 1. The molecule has 2 rings (SSSR count). The van der Waals surface area contributed by atoms with Crippen molar-refractivity contribution in [1.82, 2.24) is 0 Å². The van der Waals surface area contributed by atoms with Gasteiger partial charge in [-0.1, -0.05) is 0 Å². The lowest BCUT2D eigenvalue weighted by atomic mass is 10.1. The van der Waals surface area contributed by atoms with E-state index in [2.05, 4.69) is 0 Å². The first-order valence-electron chi connectivity index (χ1n) is 4.53. The molecule has 1 aromatic rings. The molecule has 1 N–H and O–H groups in total. The van der Waals surface area contributed by atoms with E-state index in [4.69, 9.17) is 19.3 Å². The van der Waals surface area contributed by atoms with Crippen LogP contribution < -0.4 is 14.2 Å². The van der Waals surface area contributed by atoms with E-state index >= 15 is 0 Å². The quantitative estimate of drug-likeness (QED) is 0.800. The second-order valence-corrected chi connectivity index (χ2v) is 3.05. The number of hydrogen-bond acceptors (Lipinski definition) is 4. The van der Waals surface area contributed by atoms with Crippen LogP contribution in [0.5, 0.6) is 17.2 Å². The van der Waals surface area contributed by atoms with Crippen LogP contribution in [-0.4, -0.2) is 25.4 Å². The molecule has 1 heterocycles. The Labute approximate surface area is 86.2 Å². The topological polar surface area (TPSA) is 47.9 Å². The van der Waals surface area contributed by atoms with Gasteiger partial charge in [-0.3, -0.25) is 0 Å². The fourth-order valence-corrected chi connectivity index (χ4v) is 1.50. The van der Waals surface area contributed by atoms with Gasteiger partial charge in [0, 0.05) is 6.07 Å². The third-order valence-corrected chi connectivity index (χ3v) is 2.21. The molecule has 5 heteroatoms. The zero-order valence-electron chi connectivity index (χ0n) is 8.25. The Morgan fingerprint density at radius 2 is 2.20 bits per heavy atom. The molecule has 1 aliphatic heterocycles. The number of methoxy groups -OCH3 is 1. The van der Waals surface area contributed by atoms with Crippen LogP contribution in [-0.2, 0) is 6.61 Å². The molecule has 0 bridgehead atoms. The molecule has 0 amide bonds. The zero-order valence-corrected chi connectivity index (χ0v) is 8.25. The highest BCUT2D eigenvalue weighted by Gasteiger charge is 2.23. The normalized spacial score (nSPS) is 13.8. The zero-order chi connectivity index (χ0) is 10.8. The summed E-state index contributed by atoms with van der Waals surface area (Å²) in [6.45, 7) is 0.313. The second kappa shape index (κ2) is 3.94. The number of aliphatic hydroxyl groups is 1. The van der Waals surface area contributed by atoms with Gasteiger partial charge in [0.05, 0.1) is 19.3 Å². The lowest BCUT2D eigenvalue weighted by Crippen LogP contribution is -2.17. The first-order valence-corrected chi connectivity index (χ1v) is 4.53. The van der Waals surface area contributed by atoms with Crippen LogP contribution in [0, 0.1) is 5.82 Å². The molecule has 15 heavy (non-hydrogen) atoms. The van der Waals surface area contributed by atoms with Crippen molar-refractivity contribution >= 4 is 0 Å². The van der Waals surface area contributed by atoms with E-state index in [0.29, 0.717) is 19.0 Å². The van der Waals surface area contributed by atoms with Crippen LogP contribution in [0.15, 0.2) is 6.07 Å². The number of aliphatic hydroxyl groups excluding tert-OH is 1. The molecule has 0 radical (unpaired) electrons. The first-order chi connectivity index (χ1) is 7.27. The summed E-state index contributed by atoms with van der Waals surface area (Å²) in [5, 5.41) is 9.06. The average molecular weight is 214 g/mol. The highest BCUT2D eigenvalue weighted by molar-refractivity contribution is 5.53. The van der Waals surface area contributed by atoms with Crippen LogP contribution in [0.3, 0.4) is 0 Å². The van der Waals surface area contributed by atoms with Gasteiger partial charge in [-0.15, -0.1) is 0 Å². The molecule has 4 nitrogen and oxygen atoms in total. The smallest absolute Gasteiger partial charge is 0.174 e. The third kappa shape index (κ3) is 1.59. The molecule has 0 aromatic heterocycles. The van der Waals surface area contributed by atoms with Gasteiger partial charge in [0.2, 0.25) is 0 Å². The number of fused-ring (bicyclic) bond motifs is 1. The first kappa shape index (κ1) is 10.0. The summed E-state index contributed by atoms with van der Waals surface area (Å²) in [6, 6.07) is 1.42. The van der Waals surface area contributed by atoms with Crippen LogP contribution in [0.25, 0.3) is 0 Å². The Morgan fingerprint density at radius 1 is 1.47 bits per heavy atom. The molecular weight excluding hydrogens is 203 g/mol. The van der Waals surface area contributed by atoms with Crippen LogP contribution in [0.4, 0.5) is 4.39 Å². The van der Waals surface area contributed by atoms with Crippen molar-refractivity contribution in [3.05, 3.63) is 17.4 Å². The van der Waals surface area contributed by atoms with Gasteiger partial charge in [-0.05, 0) is 0 Å². The van der Waals surface area contributed by atoms with Crippen molar-refractivity contribution < 1.29 is 23.7 Å². The molecular formula is C10H11FO4. The molecule has 0 saturated carbocycles. The maximum Gasteiger partial charge on any atom is 0.174 e. The van der Waals surface area contributed by atoms with Crippen molar-refractivity contribution in [3.63, 3.8) is 0 Å². The van der Waals surface area contributed by atoms with E-state index in [-0.39, 0.29) is 17.1 Å². The SMILES string of the molecule is COc1cc2c(c(CO)c1F)OCCO2. The number of ether oxygens (including phenoxy) is 3. The highest BCUT2D eigenvalue weighted by Crippen LogP contribution is 2.40. The summed E-state index contributed by atoms with van der Waals surface area (Å²) in [7, 11) is 1.36. The largest absolute Gasteiger partial charge is 0.494 e. The molecule has 1 aromatic carbocycles. The van der Waals surface area contributed by atoms with Crippen molar-refractivity contribution in [2.45, 2.75) is 6.61 Å². The van der Waals surface area contributed by atoms with Crippen LogP contribution in [0.2, 0.25) is 0 Å².